The standard InChI is InChI=1S/C13H13BrO3/c1-4-17-13(16)12(15)10-5-9(8(2)3)6-11(14)7-10/h5-7H,2,4H2,1,3H3. The predicted molar refractivity (Wildman–Crippen MR) is 69.8 cm³/mol. The predicted octanol–water partition coefficient (Wildman–Crippen LogP) is 3.23. The van der Waals surface area contributed by atoms with Gasteiger partial charge < -0.3 is 4.74 Å². The Morgan fingerprint density at radius 1 is 1.29 bits per heavy atom. The van der Waals surface area contributed by atoms with E-state index in [-0.39, 0.29) is 6.61 Å². The number of carbonyl (C=O) groups is 2. The number of allylic oxidation sites excluding steroid dienone is 1. The number of carbonyl (C=O) groups excluding carboxylic acids is 2. The van der Waals surface area contributed by atoms with Gasteiger partial charge in [-0.15, -0.1) is 0 Å². The molecule has 0 spiro atoms. The summed E-state index contributed by atoms with van der Waals surface area (Å²) >= 11 is 3.29. The fraction of sp³-hybridized carbons (Fsp3) is 0.231. The van der Waals surface area contributed by atoms with Gasteiger partial charge in [0.25, 0.3) is 5.78 Å². The van der Waals surface area contributed by atoms with E-state index in [1.807, 2.05) is 13.0 Å². The summed E-state index contributed by atoms with van der Waals surface area (Å²) in [4.78, 5) is 23.1. The van der Waals surface area contributed by atoms with Crippen molar-refractivity contribution in [2.24, 2.45) is 0 Å². The molecule has 3 nitrogen and oxygen atoms in total. The minimum absolute atomic E-state index is 0.186. The van der Waals surface area contributed by atoms with E-state index in [9.17, 15) is 9.59 Å². The van der Waals surface area contributed by atoms with Gasteiger partial charge in [0.05, 0.1) is 6.61 Å². The molecule has 17 heavy (non-hydrogen) atoms. The van der Waals surface area contributed by atoms with Crippen LogP contribution in [0.3, 0.4) is 0 Å². The molecule has 90 valence electrons. The molecule has 1 aromatic rings. The summed E-state index contributed by atoms with van der Waals surface area (Å²) in [7, 11) is 0. The number of ether oxygens (including phenoxy) is 1. The first-order chi connectivity index (χ1) is 7.95. The zero-order valence-corrected chi connectivity index (χ0v) is 11.3. The lowest BCUT2D eigenvalue weighted by Crippen LogP contribution is -2.17. The highest BCUT2D eigenvalue weighted by molar-refractivity contribution is 9.10. The van der Waals surface area contributed by atoms with Crippen LogP contribution < -0.4 is 0 Å². The zero-order valence-electron chi connectivity index (χ0n) is 9.75. The molecule has 0 heterocycles. The maximum absolute atomic E-state index is 11.7. The van der Waals surface area contributed by atoms with Crippen molar-refractivity contribution in [3.8, 4) is 0 Å². The van der Waals surface area contributed by atoms with Gasteiger partial charge in [0, 0.05) is 10.0 Å². The summed E-state index contributed by atoms with van der Waals surface area (Å²) in [5, 5.41) is 0. The molecule has 0 aromatic heterocycles. The van der Waals surface area contributed by atoms with Crippen molar-refractivity contribution < 1.29 is 14.3 Å². The lowest BCUT2D eigenvalue weighted by atomic mass is 10.0. The summed E-state index contributed by atoms with van der Waals surface area (Å²) in [6, 6.07) is 5.06. The molecule has 0 aliphatic rings. The van der Waals surface area contributed by atoms with Gasteiger partial charge in [0.2, 0.25) is 0 Å². The topological polar surface area (TPSA) is 43.4 Å². The fourth-order valence-electron chi connectivity index (χ4n) is 1.28. The van der Waals surface area contributed by atoms with E-state index in [1.165, 1.54) is 0 Å². The van der Waals surface area contributed by atoms with Crippen LogP contribution in [0.1, 0.15) is 29.8 Å². The molecule has 0 fully saturated rings. The SMILES string of the molecule is C=C(C)c1cc(Br)cc(C(=O)C(=O)OCC)c1. The highest BCUT2D eigenvalue weighted by Gasteiger charge is 2.18. The second-order valence-electron chi connectivity index (χ2n) is 3.56. The summed E-state index contributed by atoms with van der Waals surface area (Å²) in [5.41, 5.74) is 1.94. The molecular weight excluding hydrogens is 284 g/mol. The third kappa shape index (κ3) is 3.53. The van der Waals surface area contributed by atoms with Crippen molar-refractivity contribution in [2.75, 3.05) is 6.61 Å². The summed E-state index contributed by atoms with van der Waals surface area (Å²) < 4.78 is 5.40. The number of hydrogen-bond acceptors (Lipinski definition) is 3. The molecule has 0 atom stereocenters. The Morgan fingerprint density at radius 3 is 2.41 bits per heavy atom. The third-order valence-electron chi connectivity index (χ3n) is 2.11. The normalized spacial score (nSPS) is 9.82. The van der Waals surface area contributed by atoms with Gasteiger partial charge in [-0.05, 0) is 37.6 Å². The van der Waals surface area contributed by atoms with Gasteiger partial charge in [-0.2, -0.15) is 0 Å². The molecule has 0 aliphatic heterocycles. The first kappa shape index (κ1) is 13.6. The summed E-state index contributed by atoms with van der Waals surface area (Å²) in [5.74, 6) is -1.48. The average Bonchev–Trinajstić information content (AvgIpc) is 2.27. The number of Topliss-reactive ketones (excluding diaryl/α,β-unsaturated/α-hetero) is 1. The molecular formula is C13H13BrO3. The molecule has 0 unspecified atom stereocenters. The van der Waals surface area contributed by atoms with Crippen LogP contribution in [0, 0.1) is 0 Å². The number of halogens is 1. The van der Waals surface area contributed by atoms with E-state index >= 15 is 0 Å². The molecule has 0 radical (unpaired) electrons. The van der Waals surface area contributed by atoms with Crippen molar-refractivity contribution >= 4 is 33.3 Å². The van der Waals surface area contributed by atoms with Crippen molar-refractivity contribution in [1.29, 1.82) is 0 Å². The molecule has 0 amide bonds. The van der Waals surface area contributed by atoms with Crippen LogP contribution in [0.4, 0.5) is 0 Å². The van der Waals surface area contributed by atoms with Crippen molar-refractivity contribution in [3.05, 3.63) is 40.4 Å². The van der Waals surface area contributed by atoms with Crippen LogP contribution in [0.5, 0.6) is 0 Å². The Kier molecular flexibility index (Phi) is 4.63. The maximum atomic E-state index is 11.7. The van der Waals surface area contributed by atoms with E-state index in [1.54, 1.807) is 19.1 Å². The molecule has 0 saturated carbocycles. The van der Waals surface area contributed by atoms with E-state index in [0.29, 0.717) is 5.56 Å². The maximum Gasteiger partial charge on any atom is 0.379 e. The highest BCUT2D eigenvalue weighted by Crippen LogP contribution is 2.21. The average molecular weight is 297 g/mol. The Hall–Kier alpha value is -1.42. The third-order valence-corrected chi connectivity index (χ3v) is 2.57. The molecule has 4 heteroatoms. The highest BCUT2D eigenvalue weighted by atomic mass is 79.9. The van der Waals surface area contributed by atoms with Gasteiger partial charge in [-0.3, -0.25) is 4.79 Å². The van der Waals surface area contributed by atoms with Gasteiger partial charge in [0.15, 0.2) is 0 Å². The zero-order chi connectivity index (χ0) is 13.0. The van der Waals surface area contributed by atoms with Crippen LogP contribution in [-0.4, -0.2) is 18.4 Å². The van der Waals surface area contributed by atoms with E-state index in [2.05, 4.69) is 27.2 Å². The van der Waals surface area contributed by atoms with Gasteiger partial charge in [-0.1, -0.05) is 28.1 Å². The summed E-state index contributed by atoms with van der Waals surface area (Å²) in [6.07, 6.45) is 0. The van der Waals surface area contributed by atoms with Gasteiger partial charge in [0.1, 0.15) is 0 Å². The summed E-state index contributed by atoms with van der Waals surface area (Å²) in [6.45, 7) is 7.48. The van der Waals surface area contributed by atoms with Gasteiger partial charge in [-0.25, -0.2) is 4.79 Å². The molecule has 0 N–H and O–H groups in total. The van der Waals surface area contributed by atoms with Crippen LogP contribution in [0.2, 0.25) is 0 Å². The molecule has 0 bridgehead atoms. The Balaban J connectivity index is 3.10. The van der Waals surface area contributed by atoms with Crippen LogP contribution in [0.25, 0.3) is 5.57 Å². The number of benzene rings is 1. The number of hydrogen-bond donors (Lipinski definition) is 0. The second kappa shape index (κ2) is 5.77. The van der Waals surface area contributed by atoms with Crippen molar-refractivity contribution in [1.82, 2.24) is 0 Å². The minimum Gasteiger partial charge on any atom is -0.460 e. The van der Waals surface area contributed by atoms with E-state index in [0.717, 1.165) is 15.6 Å². The fourth-order valence-corrected chi connectivity index (χ4v) is 1.77. The van der Waals surface area contributed by atoms with Crippen LogP contribution in [0.15, 0.2) is 29.3 Å². The molecule has 1 rings (SSSR count). The first-order valence-electron chi connectivity index (χ1n) is 5.13. The smallest absolute Gasteiger partial charge is 0.379 e. The number of rotatable bonds is 4. The van der Waals surface area contributed by atoms with Gasteiger partial charge >= 0.3 is 5.97 Å². The second-order valence-corrected chi connectivity index (χ2v) is 4.47. The molecule has 0 saturated heterocycles. The van der Waals surface area contributed by atoms with Crippen LogP contribution in [-0.2, 0) is 9.53 Å². The van der Waals surface area contributed by atoms with Crippen LogP contribution >= 0.6 is 15.9 Å². The van der Waals surface area contributed by atoms with E-state index in [4.69, 9.17) is 0 Å². The Morgan fingerprint density at radius 2 is 1.88 bits per heavy atom. The Labute approximate surface area is 109 Å². The minimum atomic E-state index is -0.835. The van der Waals surface area contributed by atoms with Crippen molar-refractivity contribution in [2.45, 2.75) is 13.8 Å². The largest absolute Gasteiger partial charge is 0.460 e. The lowest BCUT2D eigenvalue weighted by molar-refractivity contribution is -0.137. The number of esters is 1. The van der Waals surface area contributed by atoms with Crippen molar-refractivity contribution in [3.63, 3.8) is 0 Å². The lowest BCUT2D eigenvalue weighted by Gasteiger charge is -2.05. The van der Waals surface area contributed by atoms with E-state index < -0.39 is 11.8 Å². The monoisotopic (exact) mass is 296 g/mol. The molecule has 1 aromatic carbocycles. The quantitative estimate of drug-likeness (QED) is 0.487. The molecule has 0 aliphatic carbocycles. The Bertz CT molecular complexity index is 478. The number of ketones is 1. The first-order valence-corrected chi connectivity index (χ1v) is 5.93.